The van der Waals surface area contributed by atoms with Crippen molar-refractivity contribution in [3.05, 3.63) is 27.6 Å². The van der Waals surface area contributed by atoms with E-state index in [4.69, 9.17) is 0 Å². The zero-order valence-electron chi connectivity index (χ0n) is 11.2. The van der Waals surface area contributed by atoms with Crippen molar-refractivity contribution in [2.45, 2.75) is 25.4 Å². The lowest BCUT2D eigenvalue weighted by Gasteiger charge is -2.30. The van der Waals surface area contributed by atoms with Crippen LogP contribution in [0.4, 0.5) is 0 Å². The van der Waals surface area contributed by atoms with Gasteiger partial charge in [0.2, 0.25) is 5.91 Å². The van der Waals surface area contributed by atoms with E-state index in [1.165, 1.54) is 11.3 Å². The van der Waals surface area contributed by atoms with Crippen LogP contribution in [0.1, 0.15) is 18.7 Å². The molecule has 0 radical (unpaired) electrons. The molecular formula is C13H16N4O2S. The summed E-state index contributed by atoms with van der Waals surface area (Å²) >= 11 is 1.40. The highest BCUT2D eigenvalue weighted by atomic mass is 32.1. The number of likely N-dealkylation sites (N-methyl/N-ethyl adjacent to an activating group) is 1. The highest BCUT2D eigenvalue weighted by Crippen LogP contribution is 2.14. The number of hydrogen-bond acceptors (Lipinski definition) is 5. The first-order valence-electron chi connectivity index (χ1n) is 6.57. The Labute approximate surface area is 119 Å². The Bertz CT molecular complexity index is 693. The second-order valence-electron chi connectivity index (χ2n) is 5.04. The maximum absolute atomic E-state index is 11.8. The molecular weight excluding hydrogens is 276 g/mol. The van der Waals surface area contributed by atoms with E-state index in [0.717, 1.165) is 11.9 Å². The summed E-state index contributed by atoms with van der Waals surface area (Å²) in [5.41, 5.74) is 0.657. The smallest absolute Gasteiger partial charge is 0.268 e. The third-order valence-electron chi connectivity index (χ3n) is 3.55. The van der Waals surface area contributed by atoms with Crippen molar-refractivity contribution in [3.8, 4) is 0 Å². The molecule has 1 aliphatic heterocycles. The molecule has 0 bridgehead atoms. The molecule has 1 amide bonds. The number of nitrogens with zero attached hydrogens (tertiary/aromatic N) is 2. The van der Waals surface area contributed by atoms with E-state index in [1.54, 1.807) is 4.90 Å². The van der Waals surface area contributed by atoms with Gasteiger partial charge in [0, 0.05) is 26.1 Å². The molecule has 20 heavy (non-hydrogen) atoms. The van der Waals surface area contributed by atoms with Gasteiger partial charge in [-0.15, -0.1) is 11.3 Å². The lowest BCUT2D eigenvalue weighted by Crippen LogP contribution is -2.46. The second-order valence-corrected chi connectivity index (χ2v) is 5.95. The van der Waals surface area contributed by atoms with Crippen LogP contribution in [0.2, 0.25) is 0 Å². The number of carbonyl (C=O) groups is 1. The monoisotopic (exact) mass is 292 g/mol. The van der Waals surface area contributed by atoms with Crippen LogP contribution in [0.3, 0.4) is 0 Å². The summed E-state index contributed by atoms with van der Waals surface area (Å²) < 4.78 is 0.664. The third-order valence-corrected chi connectivity index (χ3v) is 4.45. The lowest BCUT2D eigenvalue weighted by atomic mass is 10.1. The lowest BCUT2D eigenvalue weighted by molar-refractivity contribution is -0.132. The van der Waals surface area contributed by atoms with Crippen molar-refractivity contribution in [1.29, 1.82) is 0 Å². The van der Waals surface area contributed by atoms with Gasteiger partial charge in [-0.25, -0.2) is 4.98 Å². The summed E-state index contributed by atoms with van der Waals surface area (Å²) in [4.78, 5) is 32.2. The normalized spacial score (nSPS) is 19.8. The van der Waals surface area contributed by atoms with E-state index in [-0.39, 0.29) is 17.5 Å². The molecule has 2 aromatic heterocycles. The average molecular weight is 292 g/mol. The Kier molecular flexibility index (Phi) is 3.54. The molecule has 0 aliphatic carbocycles. The Morgan fingerprint density at radius 1 is 1.55 bits per heavy atom. The summed E-state index contributed by atoms with van der Waals surface area (Å²) in [6.45, 7) is 1.21. The first kappa shape index (κ1) is 13.3. The second kappa shape index (κ2) is 5.34. The standard InChI is InChI=1S/C13H16N4O2S/c1-17-7-8(2-3-11(17)18)14-6-10-15-9-4-5-20-12(9)13(19)16-10/h4-5,8,14H,2-3,6-7H2,1H3,(H,15,16,19). The van der Waals surface area contributed by atoms with E-state index in [1.807, 2.05) is 18.5 Å². The van der Waals surface area contributed by atoms with Crippen LogP contribution in [0.25, 0.3) is 10.2 Å². The van der Waals surface area contributed by atoms with Gasteiger partial charge < -0.3 is 15.2 Å². The summed E-state index contributed by atoms with van der Waals surface area (Å²) in [6, 6.07) is 2.10. The number of fused-ring (bicyclic) bond motifs is 1. The Hall–Kier alpha value is -1.73. The predicted octanol–water partition coefficient (Wildman–Crippen LogP) is 0.695. The van der Waals surface area contributed by atoms with E-state index in [0.29, 0.717) is 30.0 Å². The Morgan fingerprint density at radius 2 is 2.40 bits per heavy atom. The predicted molar refractivity (Wildman–Crippen MR) is 77.7 cm³/mol. The average Bonchev–Trinajstić information content (AvgIpc) is 2.89. The van der Waals surface area contributed by atoms with E-state index in [2.05, 4.69) is 15.3 Å². The molecule has 6 nitrogen and oxygen atoms in total. The largest absolute Gasteiger partial charge is 0.344 e. The fourth-order valence-electron chi connectivity index (χ4n) is 2.43. The number of hydrogen-bond donors (Lipinski definition) is 2. The van der Waals surface area contributed by atoms with Gasteiger partial charge in [0.15, 0.2) is 0 Å². The third kappa shape index (κ3) is 2.59. The number of amides is 1. The molecule has 2 aromatic rings. The summed E-state index contributed by atoms with van der Waals surface area (Å²) in [5, 5.41) is 5.22. The Morgan fingerprint density at radius 3 is 3.20 bits per heavy atom. The van der Waals surface area contributed by atoms with Crippen LogP contribution >= 0.6 is 11.3 Å². The van der Waals surface area contributed by atoms with Crippen molar-refractivity contribution < 1.29 is 4.79 Å². The van der Waals surface area contributed by atoms with Crippen LogP contribution in [-0.4, -0.2) is 40.4 Å². The van der Waals surface area contributed by atoms with Crippen molar-refractivity contribution in [3.63, 3.8) is 0 Å². The van der Waals surface area contributed by atoms with Gasteiger partial charge in [-0.2, -0.15) is 0 Å². The number of nitrogens with one attached hydrogen (secondary N) is 2. The van der Waals surface area contributed by atoms with Crippen LogP contribution in [0, 0.1) is 0 Å². The first-order valence-corrected chi connectivity index (χ1v) is 7.45. The zero-order chi connectivity index (χ0) is 14.1. The van der Waals surface area contributed by atoms with E-state index < -0.39 is 0 Å². The molecule has 1 fully saturated rings. The van der Waals surface area contributed by atoms with Gasteiger partial charge in [-0.05, 0) is 17.9 Å². The number of aromatic amines is 1. The SMILES string of the molecule is CN1CC(NCc2nc3ccsc3c(=O)[nH]2)CCC1=O. The van der Waals surface area contributed by atoms with Crippen molar-refractivity contribution in [2.75, 3.05) is 13.6 Å². The first-order chi connectivity index (χ1) is 9.63. The minimum absolute atomic E-state index is 0.0854. The van der Waals surface area contributed by atoms with Crippen molar-refractivity contribution in [2.24, 2.45) is 0 Å². The molecule has 3 rings (SSSR count). The summed E-state index contributed by atoms with van der Waals surface area (Å²) in [5.74, 6) is 0.828. The summed E-state index contributed by atoms with van der Waals surface area (Å²) in [7, 11) is 1.81. The molecule has 7 heteroatoms. The molecule has 2 N–H and O–H groups in total. The van der Waals surface area contributed by atoms with Crippen LogP contribution in [0.5, 0.6) is 0 Å². The van der Waals surface area contributed by atoms with Crippen LogP contribution in [-0.2, 0) is 11.3 Å². The quantitative estimate of drug-likeness (QED) is 0.872. The molecule has 3 heterocycles. The molecule has 0 spiro atoms. The van der Waals surface area contributed by atoms with Gasteiger partial charge in [-0.1, -0.05) is 0 Å². The van der Waals surface area contributed by atoms with Gasteiger partial charge >= 0.3 is 0 Å². The highest BCUT2D eigenvalue weighted by molar-refractivity contribution is 7.17. The fourth-order valence-corrected chi connectivity index (χ4v) is 3.15. The number of likely N-dealkylation sites (tertiary alicyclic amines) is 1. The zero-order valence-corrected chi connectivity index (χ0v) is 12.0. The highest BCUT2D eigenvalue weighted by Gasteiger charge is 2.22. The van der Waals surface area contributed by atoms with Crippen LogP contribution in [0.15, 0.2) is 16.2 Å². The molecule has 0 saturated carbocycles. The van der Waals surface area contributed by atoms with Crippen molar-refractivity contribution >= 4 is 27.5 Å². The maximum Gasteiger partial charge on any atom is 0.268 e. The number of piperidine rings is 1. The van der Waals surface area contributed by atoms with E-state index in [9.17, 15) is 9.59 Å². The summed E-state index contributed by atoms with van der Waals surface area (Å²) in [6.07, 6.45) is 1.40. The van der Waals surface area contributed by atoms with Gasteiger partial charge in [0.1, 0.15) is 10.5 Å². The molecule has 0 aromatic carbocycles. The number of rotatable bonds is 3. The number of aromatic nitrogens is 2. The topological polar surface area (TPSA) is 78.1 Å². The van der Waals surface area contributed by atoms with Gasteiger partial charge in [0.05, 0.1) is 12.1 Å². The minimum atomic E-state index is -0.0854. The number of thiophene rings is 1. The molecule has 1 aliphatic rings. The molecule has 106 valence electrons. The van der Waals surface area contributed by atoms with Crippen molar-refractivity contribution in [1.82, 2.24) is 20.2 Å². The molecule has 1 unspecified atom stereocenters. The molecule has 1 saturated heterocycles. The van der Waals surface area contributed by atoms with Gasteiger partial charge in [0.25, 0.3) is 5.56 Å². The number of H-pyrrole nitrogens is 1. The maximum atomic E-state index is 11.8. The fraction of sp³-hybridized carbons (Fsp3) is 0.462. The Balaban J connectivity index is 1.68. The number of carbonyl (C=O) groups excluding carboxylic acids is 1. The molecule has 1 atom stereocenters. The minimum Gasteiger partial charge on any atom is -0.344 e. The van der Waals surface area contributed by atoms with E-state index >= 15 is 0 Å². The van der Waals surface area contributed by atoms with Crippen LogP contribution < -0.4 is 10.9 Å². The van der Waals surface area contributed by atoms with Gasteiger partial charge in [-0.3, -0.25) is 9.59 Å².